The van der Waals surface area contributed by atoms with Crippen LogP contribution in [0.15, 0.2) is 34.1 Å². The van der Waals surface area contributed by atoms with E-state index in [-0.39, 0.29) is 10.8 Å². The molecule has 0 aliphatic rings. The summed E-state index contributed by atoms with van der Waals surface area (Å²) in [6.07, 6.45) is 1.41. The second-order valence-corrected chi connectivity index (χ2v) is 5.32. The minimum atomic E-state index is -0.413. The Hall–Kier alpha value is -2.41. The SMILES string of the molecule is CCOC(=O)c1cccc(N=Cc2sc(=O)n(CC)c2O)c1. The molecule has 1 N–H and O–H groups in total. The quantitative estimate of drug-likeness (QED) is 0.678. The lowest BCUT2D eigenvalue weighted by Gasteiger charge is -2.02. The van der Waals surface area contributed by atoms with Crippen molar-refractivity contribution in [3.05, 3.63) is 44.4 Å². The van der Waals surface area contributed by atoms with Gasteiger partial charge in [-0.15, -0.1) is 0 Å². The van der Waals surface area contributed by atoms with E-state index in [1.807, 2.05) is 0 Å². The molecule has 0 amide bonds. The molecule has 0 aliphatic heterocycles. The first-order valence-electron chi connectivity index (χ1n) is 6.80. The van der Waals surface area contributed by atoms with E-state index in [2.05, 4.69) is 4.99 Å². The normalized spacial score (nSPS) is 11.0. The van der Waals surface area contributed by atoms with Gasteiger partial charge in [-0.25, -0.2) is 4.79 Å². The van der Waals surface area contributed by atoms with Gasteiger partial charge in [-0.1, -0.05) is 17.4 Å². The molecule has 0 spiro atoms. The molecule has 1 aromatic carbocycles. The second kappa shape index (κ2) is 7.04. The molecule has 0 fully saturated rings. The summed E-state index contributed by atoms with van der Waals surface area (Å²) in [5.74, 6) is -0.507. The van der Waals surface area contributed by atoms with Gasteiger partial charge in [0.25, 0.3) is 0 Å². The smallest absolute Gasteiger partial charge is 0.338 e. The summed E-state index contributed by atoms with van der Waals surface area (Å²) in [7, 11) is 0. The number of aliphatic imine (C=N–C) groups is 1. The third-order valence-electron chi connectivity index (χ3n) is 2.90. The highest BCUT2D eigenvalue weighted by Gasteiger charge is 2.11. The van der Waals surface area contributed by atoms with Crippen molar-refractivity contribution in [3.63, 3.8) is 0 Å². The van der Waals surface area contributed by atoms with Crippen LogP contribution in [-0.2, 0) is 11.3 Å². The van der Waals surface area contributed by atoms with Gasteiger partial charge in [-0.3, -0.25) is 14.4 Å². The maximum Gasteiger partial charge on any atom is 0.338 e. The molecule has 0 atom stereocenters. The summed E-state index contributed by atoms with van der Waals surface area (Å²) >= 11 is 0.920. The van der Waals surface area contributed by atoms with Crippen LogP contribution >= 0.6 is 11.3 Å². The first-order chi connectivity index (χ1) is 10.6. The predicted molar refractivity (Wildman–Crippen MR) is 85.6 cm³/mol. The Morgan fingerprint density at radius 1 is 1.45 bits per heavy atom. The summed E-state index contributed by atoms with van der Waals surface area (Å²) in [4.78, 5) is 27.6. The first-order valence-corrected chi connectivity index (χ1v) is 7.62. The van der Waals surface area contributed by atoms with Crippen LogP contribution in [0.25, 0.3) is 0 Å². The fraction of sp³-hybridized carbons (Fsp3) is 0.267. The largest absolute Gasteiger partial charge is 0.493 e. The molecular formula is C15H16N2O4S. The van der Waals surface area contributed by atoms with Crippen molar-refractivity contribution in [2.24, 2.45) is 4.99 Å². The Morgan fingerprint density at radius 2 is 2.23 bits per heavy atom. The van der Waals surface area contributed by atoms with Crippen molar-refractivity contribution in [2.45, 2.75) is 20.4 Å². The number of thiazole rings is 1. The molecule has 7 heteroatoms. The van der Waals surface area contributed by atoms with Crippen LogP contribution in [0.1, 0.15) is 29.1 Å². The summed E-state index contributed by atoms with van der Waals surface area (Å²) in [5.41, 5.74) is 0.939. The lowest BCUT2D eigenvalue weighted by Crippen LogP contribution is -2.09. The number of benzene rings is 1. The summed E-state index contributed by atoms with van der Waals surface area (Å²) in [5, 5.41) is 9.91. The fourth-order valence-corrected chi connectivity index (χ4v) is 2.66. The van der Waals surface area contributed by atoms with Crippen LogP contribution in [0.3, 0.4) is 0 Å². The van der Waals surface area contributed by atoms with E-state index in [1.54, 1.807) is 38.1 Å². The van der Waals surface area contributed by atoms with Gasteiger partial charge in [0.1, 0.15) is 4.88 Å². The van der Waals surface area contributed by atoms with Crippen molar-refractivity contribution in [3.8, 4) is 5.88 Å². The highest BCUT2D eigenvalue weighted by Crippen LogP contribution is 2.20. The van der Waals surface area contributed by atoms with E-state index >= 15 is 0 Å². The average molecular weight is 320 g/mol. The van der Waals surface area contributed by atoms with E-state index in [1.165, 1.54) is 10.8 Å². The number of esters is 1. The van der Waals surface area contributed by atoms with Crippen molar-refractivity contribution < 1.29 is 14.6 Å². The fourth-order valence-electron chi connectivity index (χ4n) is 1.84. The van der Waals surface area contributed by atoms with E-state index in [4.69, 9.17) is 4.74 Å². The minimum absolute atomic E-state index is 0.0946. The molecule has 6 nitrogen and oxygen atoms in total. The zero-order valence-electron chi connectivity index (χ0n) is 12.3. The van der Waals surface area contributed by atoms with Crippen LogP contribution < -0.4 is 4.87 Å². The zero-order valence-corrected chi connectivity index (χ0v) is 13.1. The molecule has 116 valence electrons. The Bertz CT molecular complexity index is 761. The molecular weight excluding hydrogens is 304 g/mol. The molecule has 0 saturated carbocycles. The third-order valence-corrected chi connectivity index (χ3v) is 3.80. The zero-order chi connectivity index (χ0) is 16.1. The summed E-state index contributed by atoms with van der Waals surface area (Å²) < 4.78 is 6.19. The number of hydrogen-bond donors (Lipinski definition) is 1. The van der Waals surface area contributed by atoms with Gasteiger partial charge in [0.2, 0.25) is 5.88 Å². The van der Waals surface area contributed by atoms with Gasteiger partial charge in [-0.05, 0) is 32.0 Å². The van der Waals surface area contributed by atoms with Crippen LogP contribution in [0.4, 0.5) is 5.69 Å². The van der Waals surface area contributed by atoms with Gasteiger partial charge >= 0.3 is 10.8 Å². The molecule has 0 aliphatic carbocycles. The molecule has 0 radical (unpaired) electrons. The van der Waals surface area contributed by atoms with Gasteiger partial charge in [0.05, 0.1) is 24.1 Å². The second-order valence-electron chi connectivity index (χ2n) is 4.33. The van der Waals surface area contributed by atoms with Crippen LogP contribution in [-0.4, -0.2) is 28.5 Å². The molecule has 0 bridgehead atoms. The Balaban J connectivity index is 2.25. The molecule has 1 heterocycles. The maximum atomic E-state index is 11.7. The summed E-state index contributed by atoms with van der Waals surface area (Å²) in [6.45, 7) is 4.21. The van der Waals surface area contributed by atoms with Gasteiger partial charge in [0.15, 0.2) is 0 Å². The highest BCUT2D eigenvalue weighted by molar-refractivity contribution is 7.11. The highest BCUT2D eigenvalue weighted by atomic mass is 32.1. The van der Waals surface area contributed by atoms with Crippen LogP contribution in [0.2, 0.25) is 0 Å². The van der Waals surface area contributed by atoms with Crippen molar-refractivity contribution in [1.82, 2.24) is 4.57 Å². The number of nitrogens with zero attached hydrogens (tertiary/aromatic N) is 2. The monoisotopic (exact) mass is 320 g/mol. The van der Waals surface area contributed by atoms with E-state index in [9.17, 15) is 14.7 Å². The number of carbonyl (C=O) groups excluding carboxylic acids is 1. The molecule has 1 aromatic heterocycles. The number of carbonyl (C=O) groups is 1. The van der Waals surface area contributed by atoms with E-state index < -0.39 is 5.97 Å². The number of aromatic hydroxyl groups is 1. The van der Waals surface area contributed by atoms with Crippen LogP contribution in [0, 0.1) is 0 Å². The Kier molecular flexibility index (Phi) is 5.11. The number of ether oxygens (including phenoxy) is 1. The molecule has 0 saturated heterocycles. The van der Waals surface area contributed by atoms with Crippen molar-refractivity contribution >= 4 is 29.2 Å². The molecule has 0 unspecified atom stereocenters. The molecule has 22 heavy (non-hydrogen) atoms. The molecule has 2 aromatic rings. The predicted octanol–water partition coefficient (Wildman–Crippen LogP) is 2.56. The Morgan fingerprint density at radius 3 is 2.86 bits per heavy atom. The standard InChI is InChI=1S/C15H16N2O4S/c1-3-17-13(18)12(22-15(17)20)9-16-11-7-5-6-10(8-11)14(19)21-4-2/h5-9,18H,3-4H2,1-2H3. The van der Waals surface area contributed by atoms with Gasteiger partial charge in [-0.2, -0.15) is 0 Å². The topological polar surface area (TPSA) is 80.9 Å². The van der Waals surface area contributed by atoms with Crippen LogP contribution in [0.5, 0.6) is 5.88 Å². The van der Waals surface area contributed by atoms with Gasteiger partial charge in [0, 0.05) is 6.54 Å². The lowest BCUT2D eigenvalue weighted by atomic mass is 10.2. The van der Waals surface area contributed by atoms with Crippen molar-refractivity contribution in [1.29, 1.82) is 0 Å². The Labute approximate surface area is 131 Å². The van der Waals surface area contributed by atoms with E-state index in [0.717, 1.165) is 11.3 Å². The number of rotatable bonds is 5. The first kappa shape index (κ1) is 16.0. The number of aromatic nitrogens is 1. The van der Waals surface area contributed by atoms with Crippen molar-refractivity contribution in [2.75, 3.05) is 6.61 Å². The van der Waals surface area contributed by atoms with Gasteiger partial charge < -0.3 is 9.84 Å². The third kappa shape index (κ3) is 3.43. The minimum Gasteiger partial charge on any atom is -0.493 e. The maximum absolute atomic E-state index is 11.7. The number of hydrogen-bond acceptors (Lipinski definition) is 6. The summed E-state index contributed by atoms with van der Waals surface area (Å²) in [6, 6.07) is 6.64. The average Bonchev–Trinajstić information content (AvgIpc) is 2.79. The molecule has 2 rings (SSSR count). The van der Waals surface area contributed by atoms with E-state index in [0.29, 0.717) is 29.3 Å². The lowest BCUT2D eigenvalue weighted by molar-refractivity contribution is 0.0526.